The van der Waals surface area contributed by atoms with E-state index < -0.39 is 0 Å². The first-order valence-electron chi connectivity index (χ1n) is 11.5. The second-order valence-electron chi connectivity index (χ2n) is 8.59. The summed E-state index contributed by atoms with van der Waals surface area (Å²) in [5, 5.41) is 3.01. The fourth-order valence-corrected chi connectivity index (χ4v) is 5.04. The van der Waals surface area contributed by atoms with Crippen LogP contribution in [0.15, 0.2) is 114 Å². The Bertz CT molecular complexity index is 1770. The first kappa shape index (κ1) is 21.3. The Hall–Kier alpha value is -4.21. The summed E-state index contributed by atoms with van der Waals surface area (Å²) in [6.07, 6.45) is 1.78. The van der Waals surface area contributed by atoms with Gasteiger partial charge in [-0.25, -0.2) is 0 Å². The van der Waals surface area contributed by atoms with Crippen LogP contribution >= 0.6 is 11.6 Å². The van der Waals surface area contributed by atoms with Gasteiger partial charge in [0.1, 0.15) is 0 Å². The van der Waals surface area contributed by atoms with Crippen LogP contribution in [-0.2, 0) is 0 Å². The van der Waals surface area contributed by atoms with Crippen LogP contribution in [0.2, 0.25) is 5.02 Å². The molecule has 2 heterocycles. The molecule has 0 atom stereocenters. The Morgan fingerprint density at radius 1 is 0.743 bits per heavy atom. The highest BCUT2D eigenvalue weighted by Crippen LogP contribution is 2.40. The number of benzene rings is 4. The molecule has 0 aliphatic heterocycles. The van der Waals surface area contributed by atoms with Crippen LogP contribution in [0.5, 0.6) is 0 Å². The van der Waals surface area contributed by atoms with Crippen LogP contribution < -0.4 is 5.56 Å². The predicted molar refractivity (Wildman–Crippen MR) is 145 cm³/mol. The molecule has 4 heteroatoms. The molecular formula is C31H21ClN2O. The molecule has 0 aliphatic carbocycles. The summed E-state index contributed by atoms with van der Waals surface area (Å²) < 4.78 is 1.85. The van der Waals surface area contributed by atoms with Crippen molar-refractivity contribution in [3.63, 3.8) is 0 Å². The Morgan fingerprint density at radius 2 is 1.46 bits per heavy atom. The third-order valence-electron chi connectivity index (χ3n) is 6.43. The first-order valence-corrected chi connectivity index (χ1v) is 11.8. The van der Waals surface area contributed by atoms with E-state index in [-0.39, 0.29) is 5.56 Å². The molecule has 0 saturated heterocycles. The van der Waals surface area contributed by atoms with E-state index in [4.69, 9.17) is 16.6 Å². The molecule has 0 saturated carbocycles. The van der Waals surface area contributed by atoms with Crippen LogP contribution in [0.1, 0.15) is 5.56 Å². The van der Waals surface area contributed by atoms with Crippen molar-refractivity contribution in [2.24, 2.45) is 0 Å². The number of rotatable bonds is 3. The SMILES string of the molecule is Cc1ccc2cccnc2c1-n1c(-c2ccccc2)c(-c2ccccc2)c2cc(Cl)ccc2c1=O. The summed E-state index contributed by atoms with van der Waals surface area (Å²) in [4.78, 5) is 19.0. The number of halogens is 1. The van der Waals surface area contributed by atoms with E-state index in [1.807, 2.05) is 90.4 Å². The molecule has 0 aliphatic rings. The van der Waals surface area contributed by atoms with Crippen LogP contribution in [0, 0.1) is 6.92 Å². The number of nitrogens with zero attached hydrogens (tertiary/aromatic N) is 2. The maximum absolute atomic E-state index is 14.3. The number of aromatic nitrogens is 2. The summed E-state index contributed by atoms with van der Waals surface area (Å²) in [6.45, 7) is 2.03. The van der Waals surface area contributed by atoms with Crippen molar-refractivity contribution in [1.82, 2.24) is 9.55 Å². The van der Waals surface area contributed by atoms with E-state index in [0.717, 1.165) is 49.9 Å². The number of hydrogen-bond donors (Lipinski definition) is 0. The van der Waals surface area contributed by atoms with Gasteiger partial charge in [-0.2, -0.15) is 0 Å². The molecule has 0 bridgehead atoms. The van der Waals surface area contributed by atoms with Gasteiger partial charge in [0, 0.05) is 27.6 Å². The average molecular weight is 473 g/mol. The minimum atomic E-state index is -0.101. The Morgan fingerprint density at radius 3 is 2.20 bits per heavy atom. The van der Waals surface area contributed by atoms with Crippen LogP contribution in [0.4, 0.5) is 0 Å². The highest BCUT2D eigenvalue weighted by molar-refractivity contribution is 6.31. The lowest BCUT2D eigenvalue weighted by atomic mass is 9.93. The lowest BCUT2D eigenvalue weighted by Crippen LogP contribution is -2.23. The molecule has 0 N–H and O–H groups in total. The van der Waals surface area contributed by atoms with Gasteiger partial charge in [0.25, 0.3) is 5.56 Å². The molecule has 6 rings (SSSR count). The summed E-state index contributed by atoms with van der Waals surface area (Å²) in [5.41, 5.74) is 6.19. The number of pyridine rings is 2. The molecule has 35 heavy (non-hydrogen) atoms. The van der Waals surface area contributed by atoms with Crippen molar-refractivity contribution >= 4 is 33.3 Å². The van der Waals surface area contributed by atoms with Crippen LogP contribution in [0.3, 0.4) is 0 Å². The van der Waals surface area contributed by atoms with Gasteiger partial charge in [0.15, 0.2) is 0 Å². The monoisotopic (exact) mass is 472 g/mol. The standard InChI is InChI=1S/C31H21ClN2O/c1-20-14-15-22-13-8-18-33-28(22)29(20)34-30(23-11-6-3-7-12-23)27(21-9-4-2-5-10-21)26-19-24(32)16-17-25(26)31(34)35/h2-19H,1H3. The molecule has 6 aromatic rings. The van der Waals surface area contributed by atoms with Crippen molar-refractivity contribution in [3.8, 4) is 28.1 Å². The van der Waals surface area contributed by atoms with Crippen molar-refractivity contribution in [2.45, 2.75) is 6.92 Å². The summed E-state index contributed by atoms with van der Waals surface area (Å²) >= 11 is 6.47. The topological polar surface area (TPSA) is 34.9 Å². The van der Waals surface area contributed by atoms with Crippen LogP contribution in [0.25, 0.3) is 49.7 Å². The lowest BCUT2D eigenvalue weighted by molar-refractivity contribution is 1.01. The van der Waals surface area contributed by atoms with E-state index in [9.17, 15) is 4.79 Å². The minimum absolute atomic E-state index is 0.101. The van der Waals surface area contributed by atoms with Crippen molar-refractivity contribution in [2.75, 3.05) is 0 Å². The third-order valence-corrected chi connectivity index (χ3v) is 6.66. The fraction of sp³-hybridized carbons (Fsp3) is 0.0323. The molecule has 168 valence electrons. The van der Waals surface area contributed by atoms with E-state index in [2.05, 4.69) is 18.2 Å². The van der Waals surface area contributed by atoms with Gasteiger partial charge in [-0.1, -0.05) is 90.5 Å². The molecule has 0 radical (unpaired) electrons. The maximum atomic E-state index is 14.3. The normalized spacial score (nSPS) is 11.3. The van der Waals surface area contributed by atoms with E-state index in [1.54, 1.807) is 12.3 Å². The quantitative estimate of drug-likeness (QED) is 0.263. The molecule has 0 spiro atoms. The zero-order valence-corrected chi connectivity index (χ0v) is 19.8. The third kappa shape index (κ3) is 3.52. The second-order valence-corrected chi connectivity index (χ2v) is 9.03. The summed E-state index contributed by atoms with van der Waals surface area (Å²) in [5.74, 6) is 0. The van der Waals surface area contributed by atoms with Gasteiger partial charge in [-0.15, -0.1) is 0 Å². The molecular weight excluding hydrogens is 452 g/mol. The zero-order chi connectivity index (χ0) is 23.9. The Balaban J connectivity index is 1.91. The van der Waals surface area contributed by atoms with Crippen LogP contribution in [-0.4, -0.2) is 9.55 Å². The molecule has 0 fully saturated rings. The molecule has 0 unspecified atom stereocenters. The van der Waals surface area contributed by atoms with Gasteiger partial charge in [0.05, 0.1) is 16.9 Å². The van der Waals surface area contributed by atoms with Crippen molar-refractivity contribution in [3.05, 3.63) is 130 Å². The van der Waals surface area contributed by atoms with Gasteiger partial charge in [-0.05, 0) is 53.3 Å². The molecule has 4 aromatic carbocycles. The number of hydrogen-bond acceptors (Lipinski definition) is 2. The van der Waals surface area contributed by atoms with Gasteiger partial charge in [0.2, 0.25) is 0 Å². The highest BCUT2D eigenvalue weighted by Gasteiger charge is 2.23. The predicted octanol–water partition coefficient (Wildman–Crippen LogP) is 7.83. The molecule has 3 nitrogen and oxygen atoms in total. The van der Waals surface area contributed by atoms with Gasteiger partial charge < -0.3 is 0 Å². The number of fused-ring (bicyclic) bond motifs is 2. The largest absolute Gasteiger partial charge is 0.273 e. The zero-order valence-electron chi connectivity index (χ0n) is 19.1. The molecule has 0 amide bonds. The Labute approximate surface area is 207 Å². The van der Waals surface area contributed by atoms with E-state index >= 15 is 0 Å². The minimum Gasteiger partial charge on any atom is -0.273 e. The number of aryl methyl sites for hydroxylation is 1. The first-order chi connectivity index (χ1) is 17.1. The summed E-state index contributed by atoms with van der Waals surface area (Å²) in [7, 11) is 0. The summed E-state index contributed by atoms with van der Waals surface area (Å²) in [6, 6.07) is 33.8. The fourth-order valence-electron chi connectivity index (χ4n) is 4.86. The Kier molecular flexibility index (Phi) is 5.20. The maximum Gasteiger partial charge on any atom is 0.263 e. The van der Waals surface area contributed by atoms with Crippen molar-refractivity contribution < 1.29 is 0 Å². The smallest absolute Gasteiger partial charge is 0.263 e. The molecule has 2 aromatic heterocycles. The van der Waals surface area contributed by atoms with Crippen molar-refractivity contribution in [1.29, 1.82) is 0 Å². The highest BCUT2D eigenvalue weighted by atomic mass is 35.5. The van der Waals surface area contributed by atoms with E-state index in [1.165, 1.54) is 0 Å². The van der Waals surface area contributed by atoms with E-state index in [0.29, 0.717) is 10.4 Å². The average Bonchev–Trinajstić information content (AvgIpc) is 2.90. The lowest BCUT2D eigenvalue weighted by Gasteiger charge is -2.22. The van der Waals surface area contributed by atoms with Gasteiger partial charge >= 0.3 is 0 Å². The van der Waals surface area contributed by atoms with Gasteiger partial charge in [-0.3, -0.25) is 14.3 Å². The second kappa shape index (κ2) is 8.53.